The summed E-state index contributed by atoms with van der Waals surface area (Å²) in [5, 5.41) is 0.550. The summed E-state index contributed by atoms with van der Waals surface area (Å²) < 4.78 is 31.2. The minimum atomic E-state index is -3.66. The van der Waals surface area contributed by atoms with E-state index in [0.717, 1.165) is 0 Å². The number of carbonyl (C=O) groups is 1. The zero-order valence-electron chi connectivity index (χ0n) is 13.2. The maximum Gasteiger partial charge on any atom is 0.274 e. The number of rotatable bonds is 6. The Morgan fingerprint density at radius 3 is 2.32 bits per heavy atom. The van der Waals surface area contributed by atoms with Crippen molar-refractivity contribution in [1.82, 2.24) is 4.72 Å². The van der Waals surface area contributed by atoms with Crippen LogP contribution in [0.15, 0.2) is 24.3 Å². The van der Waals surface area contributed by atoms with Crippen molar-refractivity contribution in [1.29, 1.82) is 0 Å². The molecular formula is C15H22ClNO4S. The van der Waals surface area contributed by atoms with Crippen molar-refractivity contribution in [3.63, 3.8) is 0 Å². The summed E-state index contributed by atoms with van der Waals surface area (Å²) in [7, 11) is -3.66. The molecule has 22 heavy (non-hydrogen) atoms. The highest BCUT2D eigenvalue weighted by Crippen LogP contribution is 2.19. The van der Waals surface area contributed by atoms with E-state index in [1.54, 1.807) is 24.3 Å². The molecule has 0 aromatic heterocycles. The maximum atomic E-state index is 11.9. The van der Waals surface area contributed by atoms with Gasteiger partial charge < -0.3 is 4.74 Å². The number of amides is 1. The normalized spacial score (nSPS) is 13.5. The van der Waals surface area contributed by atoms with Gasteiger partial charge in [-0.3, -0.25) is 4.79 Å². The monoisotopic (exact) mass is 347 g/mol. The summed E-state index contributed by atoms with van der Waals surface area (Å²) in [6.45, 7) is 7.31. The molecule has 7 heteroatoms. The topological polar surface area (TPSA) is 72.5 Å². The van der Waals surface area contributed by atoms with Crippen LogP contribution in [0.1, 0.15) is 34.1 Å². The third kappa shape index (κ3) is 7.13. The lowest BCUT2D eigenvalue weighted by molar-refractivity contribution is -0.125. The second-order valence-corrected chi connectivity index (χ2v) is 8.59. The van der Waals surface area contributed by atoms with Crippen LogP contribution < -0.4 is 9.46 Å². The third-order valence-electron chi connectivity index (χ3n) is 2.87. The second-order valence-electron chi connectivity index (χ2n) is 6.31. The van der Waals surface area contributed by atoms with Gasteiger partial charge in [0.15, 0.2) is 6.10 Å². The highest BCUT2D eigenvalue weighted by molar-refractivity contribution is 7.90. The first-order valence-corrected chi connectivity index (χ1v) is 8.98. The first-order chi connectivity index (χ1) is 9.98. The molecule has 0 aliphatic carbocycles. The summed E-state index contributed by atoms with van der Waals surface area (Å²) in [4.78, 5) is 11.9. The van der Waals surface area contributed by atoms with Gasteiger partial charge in [-0.25, -0.2) is 13.1 Å². The second kappa shape index (κ2) is 7.33. The predicted octanol–water partition coefficient (Wildman–Crippen LogP) is 2.99. The molecule has 0 saturated carbocycles. The Kier molecular flexibility index (Phi) is 6.26. The molecule has 0 spiro atoms. The third-order valence-corrected chi connectivity index (χ3v) is 4.38. The van der Waals surface area contributed by atoms with Crippen molar-refractivity contribution in [2.45, 2.75) is 40.2 Å². The average Bonchev–Trinajstić information content (AvgIpc) is 2.38. The van der Waals surface area contributed by atoms with E-state index < -0.39 is 22.0 Å². The van der Waals surface area contributed by atoms with E-state index in [2.05, 4.69) is 0 Å². The lowest BCUT2D eigenvalue weighted by atomic mass is 9.94. The lowest BCUT2D eigenvalue weighted by Gasteiger charge is -2.19. The Balaban J connectivity index is 2.58. The molecule has 0 aliphatic rings. The fourth-order valence-electron chi connectivity index (χ4n) is 1.50. The summed E-state index contributed by atoms with van der Waals surface area (Å²) in [5.74, 6) is -0.349. The van der Waals surface area contributed by atoms with Crippen molar-refractivity contribution in [3.8, 4) is 5.75 Å². The van der Waals surface area contributed by atoms with E-state index in [9.17, 15) is 13.2 Å². The van der Waals surface area contributed by atoms with Gasteiger partial charge in [0.1, 0.15) is 5.75 Å². The van der Waals surface area contributed by atoms with Crippen LogP contribution in [0.2, 0.25) is 5.02 Å². The van der Waals surface area contributed by atoms with Crippen LogP contribution in [0.4, 0.5) is 0 Å². The highest BCUT2D eigenvalue weighted by Gasteiger charge is 2.23. The van der Waals surface area contributed by atoms with Gasteiger partial charge in [0, 0.05) is 5.02 Å². The number of nitrogens with one attached hydrogen (secondary N) is 1. The summed E-state index contributed by atoms with van der Waals surface area (Å²) in [6, 6.07) is 6.48. The summed E-state index contributed by atoms with van der Waals surface area (Å²) in [6.07, 6.45) is -0.465. The number of sulfonamides is 1. The van der Waals surface area contributed by atoms with Crippen LogP contribution >= 0.6 is 11.6 Å². The first kappa shape index (κ1) is 18.8. The van der Waals surface area contributed by atoms with Crippen LogP contribution in [-0.4, -0.2) is 26.2 Å². The van der Waals surface area contributed by atoms with Gasteiger partial charge in [-0.15, -0.1) is 0 Å². The van der Waals surface area contributed by atoms with Crippen molar-refractivity contribution in [2.24, 2.45) is 5.41 Å². The summed E-state index contributed by atoms with van der Waals surface area (Å²) in [5.41, 5.74) is -0.122. The molecule has 0 bridgehead atoms. The zero-order valence-corrected chi connectivity index (χ0v) is 14.8. The molecule has 5 nitrogen and oxygen atoms in total. The van der Waals surface area contributed by atoms with Gasteiger partial charge in [0.05, 0.1) is 5.75 Å². The highest BCUT2D eigenvalue weighted by atomic mass is 35.5. The van der Waals surface area contributed by atoms with Crippen molar-refractivity contribution >= 4 is 27.5 Å². The van der Waals surface area contributed by atoms with Gasteiger partial charge in [-0.05, 0) is 43.0 Å². The smallest absolute Gasteiger partial charge is 0.274 e. The van der Waals surface area contributed by atoms with E-state index in [4.69, 9.17) is 16.3 Å². The number of carbonyl (C=O) groups excluding carboxylic acids is 1. The zero-order chi connectivity index (χ0) is 17.0. The number of hydrogen-bond acceptors (Lipinski definition) is 4. The Labute approximate surface area is 137 Å². The minimum absolute atomic E-state index is 0.101. The predicted molar refractivity (Wildman–Crippen MR) is 87.5 cm³/mol. The molecule has 1 rings (SSSR count). The minimum Gasteiger partial charge on any atom is -0.481 e. The molecular weight excluding hydrogens is 326 g/mol. The average molecular weight is 348 g/mol. The lowest BCUT2D eigenvalue weighted by Crippen LogP contribution is -2.41. The number of halogens is 1. The number of hydrogen-bond donors (Lipinski definition) is 1. The van der Waals surface area contributed by atoms with E-state index in [1.165, 1.54) is 6.92 Å². The molecule has 1 aromatic carbocycles. The Morgan fingerprint density at radius 2 is 1.82 bits per heavy atom. The van der Waals surface area contributed by atoms with E-state index in [-0.39, 0.29) is 11.2 Å². The molecule has 0 aliphatic heterocycles. The molecule has 0 radical (unpaired) electrons. The fraction of sp³-hybridized carbons (Fsp3) is 0.533. The van der Waals surface area contributed by atoms with Gasteiger partial charge in [-0.1, -0.05) is 32.4 Å². The fourth-order valence-corrected chi connectivity index (χ4v) is 3.08. The van der Waals surface area contributed by atoms with Crippen molar-refractivity contribution < 1.29 is 17.9 Å². The van der Waals surface area contributed by atoms with Crippen LogP contribution in [0.3, 0.4) is 0 Å². The standard InChI is InChI=1S/C15H22ClNO4S/c1-11(21-13-7-5-12(16)6-8-13)14(18)17-22(19,20)10-9-15(2,3)4/h5-8,11H,9-10H2,1-4H3,(H,17,18). The number of ether oxygens (including phenoxy) is 1. The van der Waals surface area contributed by atoms with Gasteiger partial charge in [-0.2, -0.15) is 0 Å². The van der Waals surface area contributed by atoms with E-state index >= 15 is 0 Å². The Bertz CT molecular complexity index is 605. The molecule has 1 aromatic rings. The molecule has 1 unspecified atom stereocenters. The van der Waals surface area contributed by atoms with Crippen LogP contribution in [0, 0.1) is 5.41 Å². The molecule has 124 valence electrons. The first-order valence-electron chi connectivity index (χ1n) is 6.95. The van der Waals surface area contributed by atoms with Crippen LogP contribution in [0.5, 0.6) is 5.75 Å². The van der Waals surface area contributed by atoms with Gasteiger partial charge in [0.25, 0.3) is 5.91 Å². The van der Waals surface area contributed by atoms with Gasteiger partial charge >= 0.3 is 0 Å². The van der Waals surface area contributed by atoms with Gasteiger partial charge in [0.2, 0.25) is 10.0 Å². The molecule has 1 amide bonds. The molecule has 0 saturated heterocycles. The Hall–Kier alpha value is -1.27. The SMILES string of the molecule is CC(Oc1ccc(Cl)cc1)C(=O)NS(=O)(=O)CCC(C)(C)C. The quantitative estimate of drug-likeness (QED) is 0.858. The van der Waals surface area contributed by atoms with E-state index in [1.807, 2.05) is 25.5 Å². The Morgan fingerprint density at radius 1 is 1.27 bits per heavy atom. The molecule has 1 N–H and O–H groups in total. The molecule has 0 heterocycles. The number of benzene rings is 1. The molecule has 1 atom stereocenters. The summed E-state index contributed by atoms with van der Waals surface area (Å²) >= 11 is 5.76. The largest absolute Gasteiger partial charge is 0.481 e. The van der Waals surface area contributed by atoms with E-state index in [0.29, 0.717) is 17.2 Å². The van der Waals surface area contributed by atoms with Crippen LogP contribution in [0.25, 0.3) is 0 Å². The van der Waals surface area contributed by atoms with Crippen molar-refractivity contribution in [2.75, 3.05) is 5.75 Å². The molecule has 0 fully saturated rings. The maximum absolute atomic E-state index is 11.9. The van der Waals surface area contributed by atoms with Crippen LogP contribution in [-0.2, 0) is 14.8 Å². The van der Waals surface area contributed by atoms with Crippen molar-refractivity contribution in [3.05, 3.63) is 29.3 Å².